The van der Waals surface area contributed by atoms with Crippen LogP contribution in [0.5, 0.6) is 5.75 Å². The monoisotopic (exact) mass is 327 g/mol. The Bertz CT molecular complexity index is 532. The quantitative estimate of drug-likeness (QED) is 0.857. The van der Waals surface area contributed by atoms with Crippen LogP contribution in [-0.2, 0) is 6.54 Å². The molecule has 102 valence electrons. The summed E-state index contributed by atoms with van der Waals surface area (Å²) in [4.78, 5) is 0. The number of H-pyrrole nitrogens is 1. The fourth-order valence-electron chi connectivity index (χ4n) is 1.54. The Morgan fingerprint density at radius 1 is 1.53 bits per heavy atom. The topological polar surface area (TPSA) is 49.9 Å². The van der Waals surface area contributed by atoms with Gasteiger partial charge in [-0.3, -0.25) is 5.10 Å². The van der Waals surface area contributed by atoms with Crippen LogP contribution < -0.4 is 10.1 Å². The van der Waals surface area contributed by atoms with Crippen molar-refractivity contribution in [2.75, 3.05) is 6.61 Å². The molecule has 0 aliphatic heterocycles. The Morgan fingerprint density at radius 2 is 2.37 bits per heavy atom. The second-order valence-electron chi connectivity index (χ2n) is 4.25. The Morgan fingerprint density at radius 3 is 3.05 bits per heavy atom. The van der Waals surface area contributed by atoms with Crippen molar-refractivity contribution in [3.63, 3.8) is 0 Å². The first-order valence-electron chi connectivity index (χ1n) is 5.94. The second-order valence-corrected chi connectivity index (χ2v) is 5.10. The predicted molar refractivity (Wildman–Crippen MR) is 74.5 cm³/mol. The first-order chi connectivity index (χ1) is 9.15. The minimum Gasteiger partial charge on any atom is -0.492 e. The molecule has 2 aromatic rings. The SMILES string of the molecule is CC(COc1cccc(F)c1)NCc1[nH]ncc1Br. The molecular formula is C13H15BrFN3O. The van der Waals surface area contributed by atoms with Gasteiger partial charge in [-0.1, -0.05) is 6.07 Å². The van der Waals surface area contributed by atoms with E-state index >= 15 is 0 Å². The first-order valence-corrected chi connectivity index (χ1v) is 6.74. The molecule has 0 aliphatic carbocycles. The third-order valence-electron chi connectivity index (χ3n) is 2.59. The van der Waals surface area contributed by atoms with Gasteiger partial charge in [-0.15, -0.1) is 0 Å². The first kappa shape index (κ1) is 14.0. The molecule has 0 bridgehead atoms. The zero-order valence-electron chi connectivity index (χ0n) is 10.5. The van der Waals surface area contributed by atoms with Crippen molar-refractivity contribution in [1.82, 2.24) is 15.5 Å². The number of benzene rings is 1. The van der Waals surface area contributed by atoms with Gasteiger partial charge in [0.25, 0.3) is 0 Å². The lowest BCUT2D eigenvalue weighted by molar-refractivity contribution is 0.271. The van der Waals surface area contributed by atoms with Gasteiger partial charge >= 0.3 is 0 Å². The van der Waals surface area contributed by atoms with Gasteiger partial charge in [-0.25, -0.2) is 4.39 Å². The third-order valence-corrected chi connectivity index (χ3v) is 3.27. The van der Waals surface area contributed by atoms with Gasteiger partial charge in [0.05, 0.1) is 16.4 Å². The highest BCUT2D eigenvalue weighted by Gasteiger charge is 2.06. The number of hydrogen-bond acceptors (Lipinski definition) is 3. The zero-order valence-corrected chi connectivity index (χ0v) is 12.1. The molecule has 0 amide bonds. The van der Waals surface area contributed by atoms with Crippen LogP contribution in [0.2, 0.25) is 0 Å². The highest BCUT2D eigenvalue weighted by molar-refractivity contribution is 9.10. The molecule has 0 spiro atoms. The summed E-state index contributed by atoms with van der Waals surface area (Å²) in [7, 11) is 0. The maximum absolute atomic E-state index is 13.0. The maximum Gasteiger partial charge on any atom is 0.126 e. The molecule has 0 aliphatic rings. The molecule has 19 heavy (non-hydrogen) atoms. The Balaban J connectivity index is 1.76. The van der Waals surface area contributed by atoms with Gasteiger partial charge in [-0.2, -0.15) is 5.10 Å². The van der Waals surface area contributed by atoms with Crippen molar-refractivity contribution in [2.45, 2.75) is 19.5 Å². The summed E-state index contributed by atoms with van der Waals surface area (Å²) < 4.78 is 19.4. The molecule has 2 rings (SSSR count). The van der Waals surface area contributed by atoms with Crippen molar-refractivity contribution < 1.29 is 9.13 Å². The fourth-order valence-corrected chi connectivity index (χ4v) is 1.87. The highest BCUT2D eigenvalue weighted by Crippen LogP contribution is 2.13. The van der Waals surface area contributed by atoms with Crippen molar-refractivity contribution in [2.24, 2.45) is 0 Å². The van der Waals surface area contributed by atoms with E-state index in [2.05, 4.69) is 31.4 Å². The van der Waals surface area contributed by atoms with E-state index in [1.165, 1.54) is 12.1 Å². The smallest absolute Gasteiger partial charge is 0.126 e. The van der Waals surface area contributed by atoms with Gasteiger partial charge in [0.2, 0.25) is 0 Å². The zero-order chi connectivity index (χ0) is 13.7. The fraction of sp³-hybridized carbons (Fsp3) is 0.308. The van der Waals surface area contributed by atoms with Crippen molar-refractivity contribution in [1.29, 1.82) is 0 Å². The molecule has 1 aromatic heterocycles. The number of ether oxygens (including phenoxy) is 1. The van der Waals surface area contributed by atoms with Crippen LogP contribution in [0.4, 0.5) is 4.39 Å². The Kier molecular flexibility index (Phi) is 4.93. The molecular weight excluding hydrogens is 313 g/mol. The minimum atomic E-state index is -0.292. The molecule has 0 saturated heterocycles. The van der Waals surface area contributed by atoms with E-state index in [0.29, 0.717) is 18.9 Å². The third kappa shape index (κ3) is 4.33. The van der Waals surface area contributed by atoms with Gasteiger partial charge in [0.15, 0.2) is 0 Å². The largest absolute Gasteiger partial charge is 0.492 e. The number of aromatic nitrogens is 2. The van der Waals surface area contributed by atoms with Gasteiger partial charge < -0.3 is 10.1 Å². The van der Waals surface area contributed by atoms with Gasteiger partial charge in [0.1, 0.15) is 18.2 Å². The molecule has 1 unspecified atom stereocenters. The molecule has 0 fully saturated rings. The van der Waals surface area contributed by atoms with E-state index in [0.717, 1.165) is 10.2 Å². The Hall–Kier alpha value is -1.40. The van der Waals surface area contributed by atoms with Gasteiger partial charge in [-0.05, 0) is 35.0 Å². The van der Waals surface area contributed by atoms with E-state index in [1.54, 1.807) is 18.3 Å². The lowest BCUT2D eigenvalue weighted by atomic mass is 10.3. The number of halogens is 2. The van der Waals surface area contributed by atoms with Crippen LogP contribution in [0.3, 0.4) is 0 Å². The number of nitrogens with one attached hydrogen (secondary N) is 2. The minimum absolute atomic E-state index is 0.137. The predicted octanol–water partition coefficient (Wildman–Crippen LogP) is 2.87. The lowest BCUT2D eigenvalue weighted by Crippen LogP contribution is -2.31. The van der Waals surface area contributed by atoms with Crippen molar-refractivity contribution in [3.8, 4) is 5.75 Å². The molecule has 1 atom stereocenters. The van der Waals surface area contributed by atoms with E-state index in [-0.39, 0.29) is 11.9 Å². The van der Waals surface area contributed by atoms with Crippen LogP contribution >= 0.6 is 15.9 Å². The van der Waals surface area contributed by atoms with E-state index < -0.39 is 0 Å². The number of nitrogens with zero attached hydrogens (tertiary/aromatic N) is 1. The van der Waals surface area contributed by atoms with E-state index in [9.17, 15) is 4.39 Å². The highest BCUT2D eigenvalue weighted by atomic mass is 79.9. The molecule has 0 saturated carbocycles. The molecule has 2 N–H and O–H groups in total. The molecule has 4 nitrogen and oxygen atoms in total. The normalized spacial score (nSPS) is 12.4. The van der Waals surface area contributed by atoms with Crippen LogP contribution in [-0.4, -0.2) is 22.8 Å². The molecule has 1 aromatic carbocycles. The summed E-state index contributed by atoms with van der Waals surface area (Å²) >= 11 is 3.39. The van der Waals surface area contributed by atoms with Gasteiger partial charge in [0, 0.05) is 18.7 Å². The molecule has 0 radical (unpaired) electrons. The summed E-state index contributed by atoms with van der Waals surface area (Å²) in [6.45, 7) is 3.13. The van der Waals surface area contributed by atoms with Crippen LogP contribution in [0.25, 0.3) is 0 Å². The summed E-state index contributed by atoms with van der Waals surface area (Å²) in [5, 5.41) is 10.1. The van der Waals surface area contributed by atoms with Crippen LogP contribution in [0.1, 0.15) is 12.6 Å². The second kappa shape index (κ2) is 6.68. The summed E-state index contributed by atoms with van der Waals surface area (Å²) in [5.41, 5.74) is 0.984. The van der Waals surface area contributed by atoms with Crippen molar-refractivity contribution >= 4 is 15.9 Å². The average Bonchev–Trinajstić information content (AvgIpc) is 2.80. The standard InChI is InChI=1S/C13H15BrFN3O/c1-9(16-7-13-12(14)6-17-18-13)8-19-11-4-2-3-10(15)5-11/h2-6,9,16H,7-8H2,1H3,(H,17,18). The summed E-state index contributed by atoms with van der Waals surface area (Å²) in [6, 6.07) is 6.27. The number of rotatable bonds is 6. The van der Waals surface area contributed by atoms with Crippen LogP contribution in [0.15, 0.2) is 34.9 Å². The van der Waals surface area contributed by atoms with E-state index in [4.69, 9.17) is 4.74 Å². The van der Waals surface area contributed by atoms with E-state index in [1.807, 2.05) is 6.92 Å². The number of hydrogen-bond donors (Lipinski definition) is 2. The maximum atomic E-state index is 13.0. The molecule has 1 heterocycles. The van der Waals surface area contributed by atoms with Crippen LogP contribution in [0, 0.1) is 5.82 Å². The summed E-state index contributed by atoms with van der Waals surface area (Å²) in [6.07, 6.45) is 1.71. The number of aromatic amines is 1. The molecule has 6 heteroatoms. The lowest BCUT2D eigenvalue weighted by Gasteiger charge is -2.14. The average molecular weight is 328 g/mol. The Labute approximate surface area is 119 Å². The van der Waals surface area contributed by atoms with Crippen molar-refractivity contribution in [3.05, 3.63) is 46.4 Å². The summed E-state index contributed by atoms with van der Waals surface area (Å²) in [5.74, 6) is 0.246.